The molecule has 1 fully saturated rings. The van der Waals surface area contributed by atoms with E-state index in [9.17, 15) is 9.59 Å². The molecule has 0 bridgehead atoms. The Morgan fingerprint density at radius 2 is 1.73 bits per heavy atom. The Balaban J connectivity index is 1.91. The summed E-state index contributed by atoms with van der Waals surface area (Å²) in [4.78, 5) is 23.2. The van der Waals surface area contributed by atoms with Crippen molar-refractivity contribution in [2.75, 3.05) is 0 Å². The average Bonchev–Trinajstić information content (AvgIpc) is 2.50. The van der Waals surface area contributed by atoms with Crippen molar-refractivity contribution in [1.29, 1.82) is 0 Å². The molecule has 1 atom stereocenters. The van der Waals surface area contributed by atoms with Crippen molar-refractivity contribution in [2.45, 2.75) is 38.6 Å². The number of aliphatic carboxylic acids is 1. The van der Waals surface area contributed by atoms with Crippen LogP contribution in [0.3, 0.4) is 0 Å². The molecule has 1 saturated carbocycles. The minimum atomic E-state index is -0.761. The number of carboxylic acids is 1. The number of carbonyl (C=O) groups excluding carboxylic acids is 1. The third kappa shape index (κ3) is 4.14. The Hall–Kier alpha value is -1.26. The Morgan fingerprint density at radius 3 is 2.27 bits per heavy atom. The normalized spacial score (nSPS) is 22.9. The molecule has 0 radical (unpaired) electrons. The number of nitrogens with one attached hydrogen (secondary N) is 1. The van der Waals surface area contributed by atoms with Crippen LogP contribution in [0.1, 0.15) is 44.2 Å². The van der Waals surface area contributed by atoms with E-state index in [0.29, 0.717) is 35.7 Å². The minimum absolute atomic E-state index is 0.0255. The lowest BCUT2D eigenvalue weighted by Crippen LogP contribution is -2.35. The van der Waals surface area contributed by atoms with Gasteiger partial charge in [-0.2, -0.15) is 0 Å². The van der Waals surface area contributed by atoms with Gasteiger partial charge in [-0.3, -0.25) is 9.59 Å². The van der Waals surface area contributed by atoms with Crippen LogP contribution in [-0.4, -0.2) is 17.0 Å². The van der Waals surface area contributed by atoms with Gasteiger partial charge in [0.15, 0.2) is 0 Å². The van der Waals surface area contributed by atoms with E-state index in [1.54, 1.807) is 12.1 Å². The van der Waals surface area contributed by atoms with Gasteiger partial charge in [0.2, 0.25) is 5.91 Å². The molecule has 120 valence electrons. The molecule has 0 aromatic heterocycles. The lowest BCUT2D eigenvalue weighted by atomic mass is 9.81. The number of hydrogen-bond acceptors (Lipinski definition) is 2. The summed E-state index contributed by atoms with van der Waals surface area (Å²) in [5.41, 5.74) is 0.891. The zero-order valence-electron chi connectivity index (χ0n) is 12.3. The topological polar surface area (TPSA) is 66.4 Å². The summed E-state index contributed by atoms with van der Waals surface area (Å²) < 4.78 is 0. The summed E-state index contributed by atoms with van der Waals surface area (Å²) in [6, 6.07) is 5.12. The number of amides is 1. The second-order valence-corrected chi connectivity index (χ2v) is 6.61. The average molecular weight is 344 g/mol. The third-order valence-corrected chi connectivity index (χ3v) is 4.99. The van der Waals surface area contributed by atoms with Gasteiger partial charge in [-0.05, 0) is 50.3 Å². The summed E-state index contributed by atoms with van der Waals surface area (Å²) in [5.74, 6) is -1.21. The molecule has 1 aliphatic rings. The van der Waals surface area contributed by atoms with E-state index < -0.39 is 5.97 Å². The molecule has 0 spiro atoms. The maximum atomic E-state index is 12.3. The summed E-state index contributed by atoms with van der Waals surface area (Å²) >= 11 is 11.9. The van der Waals surface area contributed by atoms with Crippen molar-refractivity contribution < 1.29 is 14.7 Å². The molecule has 1 amide bonds. The predicted molar refractivity (Wildman–Crippen MR) is 86.1 cm³/mol. The summed E-state index contributed by atoms with van der Waals surface area (Å²) in [6.45, 7) is 1.89. The molecule has 22 heavy (non-hydrogen) atoms. The highest BCUT2D eigenvalue weighted by Crippen LogP contribution is 2.30. The molecule has 2 N–H and O–H groups in total. The maximum absolute atomic E-state index is 12.3. The zero-order chi connectivity index (χ0) is 16.3. The van der Waals surface area contributed by atoms with Gasteiger partial charge in [0, 0.05) is 5.92 Å². The van der Waals surface area contributed by atoms with Crippen LogP contribution in [-0.2, 0) is 9.59 Å². The summed E-state index contributed by atoms with van der Waals surface area (Å²) in [7, 11) is 0. The second kappa shape index (κ2) is 7.34. The van der Waals surface area contributed by atoms with E-state index in [2.05, 4.69) is 5.32 Å². The molecule has 4 nitrogen and oxygen atoms in total. The monoisotopic (exact) mass is 343 g/mol. The summed E-state index contributed by atoms with van der Waals surface area (Å²) in [5, 5.41) is 12.9. The van der Waals surface area contributed by atoms with Crippen LogP contribution in [0.5, 0.6) is 0 Å². The number of carboxylic acid groups (broad SMARTS) is 1. The van der Waals surface area contributed by atoms with Crippen LogP contribution in [0.2, 0.25) is 10.0 Å². The Kier molecular flexibility index (Phi) is 5.70. The molecule has 1 aromatic rings. The van der Waals surface area contributed by atoms with Crippen molar-refractivity contribution >= 4 is 35.1 Å². The first-order valence-electron chi connectivity index (χ1n) is 7.36. The quantitative estimate of drug-likeness (QED) is 0.866. The van der Waals surface area contributed by atoms with E-state index in [-0.39, 0.29) is 23.8 Å². The van der Waals surface area contributed by atoms with Crippen LogP contribution in [0.4, 0.5) is 0 Å². The van der Waals surface area contributed by atoms with Crippen LogP contribution in [0.15, 0.2) is 18.2 Å². The number of rotatable bonds is 4. The van der Waals surface area contributed by atoms with Gasteiger partial charge in [-0.15, -0.1) is 0 Å². The molecule has 0 aliphatic heterocycles. The lowest BCUT2D eigenvalue weighted by molar-refractivity contribution is -0.144. The minimum Gasteiger partial charge on any atom is -0.481 e. The van der Waals surface area contributed by atoms with Gasteiger partial charge in [0.1, 0.15) is 0 Å². The fraction of sp³-hybridized carbons (Fsp3) is 0.500. The van der Waals surface area contributed by atoms with Crippen LogP contribution in [0, 0.1) is 11.8 Å². The molecule has 2 rings (SSSR count). The standard InChI is InChI=1S/C16H19Cl2NO3/c1-9(12-6-7-13(17)14(18)8-12)19-15(20)10-2-4-11(5-3-10)16(21)22/h6-11H,2-5H2,1H3,(H,19,20)(H,21,22). The highest BCUT2D eigenvalue weighted by molar-refractivity contribution is 6.42. The summed E-state index contributed by atoms with van der Waals surface area (Å²) in [6.07, 6.45) is 2.37. The van der Waals surface area contributed by atoms with Crippen molar-refractivity contribution in [3.05, 3.63) is 33.8 Å². The number of hydrogen-bond donors (Lipinski definition) is 2. The van der Waals surface area contributed by atoms with Gasteiger partial charge in [0.05, 0.1) is 22.0 Å². The fourth-order valence-corrected chi connectivity index (χ4v) is 3.11. The second-order valence-electron chi connectivity index (χ2n) is 5.79. The molecule has 1 unspecified atom stereocenters. The van der Waals surface area contributed by atoms with Gasteiger partial charge in [0.25, 0.3) is 0 Å². The lowest BCUT2D eigenvalue weighted by Gasteiger charge is -2.26. The fourth-order valence-electron chi connectivity index (χ4n) is 2.80. The van der Waals surface area contributed by atoms with Gasteiger partial charge < -0.3 is 10.4 Å². The smallest absolute Gasteiger partial charge is 0.306 e. The van der Waals surface area contributed by atoms with Crippen LogP contribution < -0.4 is 5.32 Å². The molecule has 0 saturated heterocycles. The van der Waals surface area contributed by atoms with Crippen molar-refractivity contribution in [2.24, 2.45) is 11.8 Å². The molecular weight excluding hydrogens is 325 g/mol. The maximum Gasteiger partial charge on any atom is 0.306 e. The Labute approximate surface area is 139 Å². The number of benzene rings is 1. The predicted octanol–water partition coefficient (Wildman–Crippen LogP) is 4.06. The highest BCUT2D eigenvalue weighted by atomic mass is 35.5. The van der Waals surface area contributed by atoms with Gasteiger partial charge in [-0.1, -0.05) is 29.3 Å². The first-order valence-corrected chi connectivity index (χ1v) is 8.12. The zero-order valence-corrected chi connectivity index (χ0v) is 13.8. The molecule has 1 aliphatic carbocycles. The SMILES string of the molecule is CC(NC(=O)C1CCC(C(=O)O)CC1)c1ccc(Cl)c(Cl)c1. The Morgan fingerprint density at radius 1 is 1.14 bits per heavy atom. The third-order valence-electron chi connectivity index (χ3n) is 4.25. The van der Waals surface area contributed by atoms with E-state index in [1.807, 2.05) is 13.0 Å². The largest absolute Gasteiger partial charge is 0.481 e. The molecule has 6 heteroatoms. The van der Waals surface area contributed by atoms with Crippen molar-refractivity contribution in [1.82, 2.24) is 5.32 Å². The first-order chi connectivity index (χ1) is 10.4. The number of halogens is 2. The van der Waals surface area contributed by atoms with Crippen LogP contribution in [0.25, 0.3) is 0 Å². The van der Waals surface area contributed by atoms with E-state index >= 15 is 0 Å². The van der Waals surface area contributed by atoms with E-state index in [1.165, 1.54) is 0 Å². The van der Waals surface area contributed by atoms with Crippen molar-refractivity contribution in [3.63, 3.8) is 0 Å². The highest BCUT2D eigenvalue weighted by Gasteiger charge is 2.30. The van der Waals surface area contributed by atoms with Gasteiger partial charge >= 0.3 is 5.97 Å². The van der Waals surface area contributed by atoms with Crippen molar-refractivity contribution in [3.8, 4) is 0 Å². The first kappa shape index (κ1) is 17.1. The van der Waals surface area contributed by atoms with E-state index in [4.69, 9.17) is 28.3 Å². The van der Waals surface area contributed by atoms with E-state index in [0.717, 1.165) is 5.56 Å². The number of carbonyl (C=O) groups is 2. The van der Waals surface area contributed by atoms with Crippen LogP contribution >= 0.6 is 23.2 Å². The molecular formula is C16H19Cl2NO3. The molecule has 1 aromatic carbocycles. The molecule has 0 heterocycles. The van der Waals surface area contributed by atoms with Gasteiger partial charge in [-0.25, -0.2) is 0 Å². The Bertz CT molecular complexity index is 569.